The van der Waals surface area contributed by atoms with Gasteiger partial charge in [-0.1, -0.05) is 37.8 Å². The first-order chi connectivity index (χ1) is 9.43. The number of likely N-dealkylation sites (N-methyl/N-ethyl adjacent to an activating group) is 1. The van der Waals surface area contributed by atoms with Crippen LogP contribution in [0.3, 0.4) is 0 Å². The van der Waals surface area contributed by atoms with E-state index in [0.717, 1.165) is 25.7 Å². The van der Waals surface area contributed by atoms with Crippen LogP contribution < -0.4 is 0 Å². The number of hydrogen-bond donors (Lipinski definition) is 0. The molecule has 1 amide bonds. The maximum atomic E-state index is 11.7. The van der Waals surface area contributed by atoms with E-state index in [1.54, 1.807) is 14.1 Å². The molecule has 0 aliphatic rings. The quantitative estimate of drug-likeness (QED) is 0.299. The molecular formula is C15H24ClNO3. The first kappa shape index (κ1) is 18.7. The van der Waals surface area contributed by atoms with Crippen molar-refractivity contribution in [2.45, 2.75) is 39.0 Å². The van der Waals surface area contributed by atoms with Crippen molar-refractivity contribution in [3.63, 3.8) is 0 Å². The van der Waals surface area contributed by atoms with Crippen LogP contribution in [-0.4, -0.2) is 38.0 Å². The summed E-state index contributed by atoms with van der Waals surface area (Å²) >= 11 is 6.17. The van der Waals surface area contributed by atoms with Gasteiger partial charge in [0.05, 0.1) is 12.7 Å². The van der Waals surface area contributed by atoms with Gasteiger partial charge in [-0.3, -0.25) is 4.79 Å². The van der Waals surface area contributed by atoms with E-state index >= 15 is 0 Å². The molecule has 0 aromatic rings. The number of unbranched alkanes of at least 4 members (excludes halogenated alkanes) is 3. The fraction of sp³-hybridized carbons (Fsp3) is 0.600. The lowest BCUT2D eigenvalue weighted by Gasteiger charge is -2.07. The number of carbonyl (C=O) groups is 2. The Balaban J connectivity index is 4.85. The van der Waals surface area contributed by atoms with Crippen molar-refractivity contribution >= 4 is 23.5 Å². The van der Waals surface area contributed by atoms with Gasteiger partial charge in [-0.2, -0.15) is 0 Å². The van der Waals surface area contributed by atoms with Gasteiger partial charge in [-0.15, -0.1) is 0 Å². The van der Waals surface area contributed by atoms with Crippen molar-refractivity contribution in [3.8, 4) is 0 Å². The summed E-state index contributed by atoms with van der Waals surface area (Å²) in [5.41, 5.74) is 0.251. The van der Waals surface area contributed by atoms with E-state index in [2.05, 4.69) is 6.92 Å². The molecule has 4 nitrogen and oxygen atoms in total. The maximum absolute atomic E-state index is 11.7. The van der Waals surface area contributed by atoms with Gasteiger partial charge in [0.15, 0.2) is 0 Å². The minimum absolute atomic E-state index is 0.207. The molecule has 20 heavy (non-hydrogen) atoms. The van der Waals surface area contributed by atoms with Crippen molar-refractivity contribution in [1.29, 1.82) is 0 Å². The number of methoxy groups -OCH3 is 1. The molecule has 114 valence electrons. The molecule has 0 heterocycles. The minimum Gasteiger partial charge on any atom is -0.465 e. The Morgan fingerprint density at radius 3 is 2.30 bits per heavy atom. The summed E-state index contributed by atoms with van der Waals surface area (Å²) in [6.07, 6.45) is 7.64. The van der Waals surface area contributed by atoms with E-state index in [0.29, 0.717) is 11.5 Å². The monoisotopic (exact) mass is 301 g/mol. The van der Waals surface area contributed by atoms with Crippen LogP contribution in [0.5, 0.6) is 0 Å². The Morgan fingerprint density at radius 2 is 1.80 bits per heavy atom. The number of nitrogens with zero attached hydrogens (tertiary/aromatic N) is 1. The average Bonchev–Trinajstić information content (AvgIpc) is 2.42. The molecule has 0 aliphatic heterocycles. The number of ether oxygens (including phenoxy) is 1. The third kappa shape index (κ3) is 7.34. The van der Waals surface area contributed by atoms with Gasteiger partial charge in [0.25, 0.3) is 0 Å². The number of hydrogen-bond acceptors (Lipinski definition) is 3. The lowest BCUT2D eigenvalue weighted by molar-refractivity contribution is -0.135. The predicted octanol–water partition coefficient (Wildman–Crippen LogP) is 3.27. The highest BCUT2D eigenvalue weighted by molar-refractivity contribution is 6.32. The van der Waals surface area contributed by atoms with Gasteiger partial charge in [0.1, 0.15) is 0 Å². The van der Waals surface area contributed by atoms with Crippen molar-refractivity contribution in [3.05, 3.63) is 22.8 Å². The van der Waals surface area contributed by atoms with Crippen molar-refractivity contribution in [2.75, 3.05) is 21.2 Å². The van der Waals surface area contributed by atoms with E-state index in [1.165, 1.54) is 24.2 Å². The smallest absolute Gasteiger partial charge is 0.339 e. The summed E-state index contributed by atoms with van der Waals surface area (Å²) in [5.74, 6) is -0.727. The third-order valence-corrected chi connectivity index (χ3v) is 3.17. The van der Waals surface area contributed by atoms with Crippen LogP contribution in [0.25, 0.3) is 0 Å². The Kier molecular flexibility index (Phi) is 9.82. The summed E-state index contributed by atoms with van der Waals surface area (Å²) in [6, 6.07) is 0. The lowest BCUT2D eigenvalue weighted by Crippen LogP contribution is -2.19. The molecule has 0 N–H and O–H groups in total. The summed E-state index contributed by atoms with van der Waals surface area (Å²) in [6.45, 7) is 2.13. The summed E-state index contributed by atoms with van der Waals surface area (Å²) in [5, 5.41) is 0.441. The van der Waals surface area contributed by atoms with E-state index in [4.69, 9.17) is 16.3 Å². The molecule has 0 rings (SSSR count). The van der Waals surface area contributed by atoms with Crippen molar-refractivity contribution in [2.24, 2.45) is 0 Å². The van der Waals surface area contributed by atoms with Gasteiger partial charge in [-0.25, -0.2) is 4.79 Å². The van der Waals surface area contributed by atoms with E-state index in [9.17, 15) is 9.59 Å². The van der Waals surface area contributed by atoms with E-state index < -0.39 is 5.97 Å². The average molecular weight is 302 g/mol. The second-order valence-corrected chi connectivity index (χ2v) is 5.14. The fourth-order valence-corrected chi connectivity index (χ4v) is 1.80. The number of esters is 1. The normalized spacial score (nSPS) is 12.2. The van der Waals surface area contributed by atoms with Gasteiger partial charge < -0.3 is 9.64 Å². The van der Waals surface area contributed by atoms with Crippen LogP contribution in [0.1, 0.15) is 39.0 Å². The Morgan fingerprint density at radius 1 is 1.15 bits per heavy atom. The predicted molar refractivity (Wildman–Crippen MR) is 81.5 cm³/mol. The molecule has 0 aromatic heterocycles. The summed E-state index contributed by atoms with van der Waals surface area (Å²) < 4.78 is 4.70. The van der Waals surface area contributed by atoms with Crippen LogP contribution in [0.2, 0.25) is 0 Å². The molecule has 0 bridgehead atoms. The highest BCUT2D eigenvalue weighted by Gasteiger charge is 2.12. The van der Waals surface area contributed by atoms with E-state index in [-0.39, 0.29) is 11.5 Å². The Hall–Kier alpha value is -1.29. The van der Waals surface area contributed by atoms with Crippen LogP contribution in [0, 0.1) is 0 Å². The Labute approximate surface area is 126 Å². The standard InChI is InChI=1S/C15H24ClNO3/c1-5-6-7-8-9-13(16)12(15(19)20-4)10-11-14(18)17(2)3/h10-11H,5-9H2,1-4H3/b11-10+,13-12-. The van der Waals surface area contributed by atoms with Crippen LogP contribution in [-0.2, 0) is 14.3 Å². The zero-order valence-electron chi connectivity index (χ0n) is 12.7. The van der Waals surface area contributed by atoms with Crippen molar-refractivity contribution in [1.82, 2.24) is 4.90 Å². The number of halogens is 1. The zero-order valence-corrected chi connectivity index (χ0v) is 13.5. The molecule has 0 aliphatic carbocycles. The molecule has 0 saturated carbocycles. The van der Waals surface area contributed by atoms with E-state index in [1.807, 2.05) is 0 Å². The molecule has 0 radical (unpaired) electrons. The van der Waals surface area contributed by atoms with Crippen molar-refractivity contribution < 1.29 is 14.3 Å². The number of amides is 1. The minimum atomic E-state index is -0.520. The SMILES string of the molecule is CCCCCC/C(Cl)=C(\C=C\C(=O)N(C)C)C(=O)OC. The molecule has 0 unspecified atom stereocenters. The number of rotatable bonds is 8. The van der Waals surface area contributed by atoms with Gasteiger partial charge in [-0.05, 0) is 18.9 Å². The van der Waals surface area contributed by atoms with Gasteiger partial charge in [0, 0.05) is 25.2 Å². The summed E-state index contributed by atoms with van der Waals surface area (Å²) in [7, 11) is 4.58. The van der Waals surface area contributed by atoms with Gasteiger partial charge in [0.2, 0.25) is 5.91 Å². The molecule has 0 fully saturated rings. The van der Waals surface area contributed by atoms with Crippen LogP contribution in [0.4, 0.5) is 0 Å². The Bertz CT molecular complexity index is 387. The zero-order chi connectivity index (χ0) is 15.5. The molecule has 0 aromatic carbocycles. The first-order valence-corrected chi connectivity index (χ1v) is 7.18. The van der Waals surface area contributed by atoms with Gasteiger partial charge >= 0.3 is 5.97 Å². The molecule has 0 spiro atoms. The first-order valence-electron chi connectivity index (χ1n) is 6.80. The third-order valence-electron chi connectivity index (χ3n) is 2.78. The molecule has 0 atom stereocenters. The van der Waals surface area contributed by atoms with Crippen LogP contribution >= 0.6 is 11.6 Å². The van der Waals surface area contributed by atoms with Crippen LogP contribution in [0.15, 0.2) is 22.8 Å². The summed E-state index contributed by atoms with van der Waals surface area (Å²) in [4.78, 5) is 24.6. The highest BCUT2D eigenvalue weighted by Crippen LogP contribution is 2.20. The fourth-order valence-electron chi connectivity index (χ4n) is 1.52. The largest absolute Gasteiger partial charge is 0.465 e. The molecule has 5 heteroatoms. The lowest BCUT2D eigenvalue weighted by atomic mass is 10.1. The topological polar surface area (TPSA) is 46.6 Å². The highest BCUT2D eigenvalue weighted by atomic mass is 35.5. The second kappa shape index (κ2) is 10.5. The maximum Gasteiger partial charge on any atom is 0.339 e. The second-order valence-electron chi connectivity index (χ2n) is 4.69. The molecule has 0 saturated heterocycles. The number of carbonyl (C=O) groups excluding carboxylic acids is 2. The number of allylic oxidation sites excluding steroid dienone is 1. The molecular weight excluding hydrogens is 278 g/mol.